The first-order chi connectivity index (χ1) is 60.1. The standard InChI is InChI=1S/C41H27N.C40H25N.C38H29N/c1-26-10-12-27(13-11-26)32-22-16-29-19-25-37-33(23-17-30-18-24-36(32)40(29)41(30)37)28-14-20-31(21-15-28)42-38-8-4-2-6-34(38)35-7-3-5-9-39(35)42;1-2-8-26(9-3-1)31-22-16-28-19-25-36-32(23-17-29-18-24-35(31)39(28)40(29)36)27-14-20-30(21-15-27)41-37-12-6-4-10-33(37)34-11-5-7-13-38(34)41;1-38(2,3)33-23-17-26-15-21-31-28(20-14-25-16-22-32(33)37(26)36(25)31)24-12-18-27(19-13-24)39-34-10-6-4-8-29(34)30-9-5-7-11-35(30)39/h2-25H,1H3;1-25H;4-23H,1-3H3. The maximum atomic E-state index is 2.38. The van der Waals surface area contributed by atoms with Crippen LogP contribution in [0.4, 0.5) is 0 Å². The Morgan fingerprint density at radius 2 is 0.369 bits per heavy atom. The molecule has 0 fully saturated rings. The van der Waals surface area contributed by atoms with Crippen molar-refractivity contribution in [3.05, 3.63) is 430 Å². The average molecular weight is 1550 g/mol. The second-order valence-corrected chi connectivity index (χ2v) is 34.2. The van der Waals surface area contributed by atoms with Gasteiger partial charge < -0.3 is 13.7 Å². The van der Waals surface area contributed by atoms with Gasteiger partial charge in [0.25, 0.3) is 0 Å². The van der Waals surface area contributed by atoms with Crippen molar-refractivity contribution in [3.8, 4) is 72.7 Å². The molecule has 0 unspecified atom stereocenters. The molecule has 0 aliphatic rings. The van der Waals surface area contributed by atoms with Crippen molar-refractivity contribution in [1.29, 1.82) is 0 Å². The SMILES string of the molecule is CC(C)(C)c1ccc2ccc3c(-c4ccc(-n5c6ccccc6c6ccccc65)cc4)ccc4ccc1c2c43.Cc1ccc(-c2ccc3ccc4c(-c5ccc(-n6c7ccccc7c7ccccc76)cc5)ccc5ccc2c3c54)cc1.c1ccc(-c2ccc3ccc4c(-c5ccc(-n6c7ccccc7c7ccccc76)cc5)ccc5ccc2c3c54)cc1. The van der Waals surface area contributed by atoms with Crippen LogP contribution in [-0.4, -0.2) is 13.7 Å². The molecule has 3 nitrogen and oxygen atoms in total. The Kier molecular flexibility index (Phi) is 16.2. The molecular weight excluding hydrogens is 1470 g/mol. The maximum Gasteiger partial charge on any atom is 0.0541 e. The quantitative estimate of drug-likeness (QED) is 0.135. The molecule has 3 aromatic heterocycles. The zero-order valence-corrected chi connectivity index (χ0v) is 68.2. The third-order valence-electron chi connectivity index (χ3n) is 26.3. The van der Waals surface area contributed by atoms with Crippen molar-refractivity contribution in [2.24, 2.45) is 0 Å². The predicted octanol–water partition coefficient (Wildman–Crippen LogP) is 33.0. The fraction of sp³-hybridized carbons (Fsp3) is 0.0420. The van der Waals surface area contributed by atoms with Gasteiger partial charge in [0, 0.05) is 49.4 Å². The molecule has 0 radical (unpaired) electrons. The summed E-state index contributed by atoms with van der Waals surface area (Å²) in [5.74, 6) is 0. The first-order valence-corrected chi connectivity index (χ1v) is 42.6. The van der Waals surface area contributed by atoms with Crippen molar-refractivity contribution >= 4 is 162 Å². The summed E-state index contributed by atoms with van der Waals surface area (Å²) in [5, 5.41) is 31.6. The number of aromatic nitrogens is 3. The Bertz CT molecular complexity index is 8470. The summed E-state index contributed by atoms with van der Waals surface area (Å²) in [4.78, 5) is 0. The van der Waals surface area contributed by atoms with Gasteiger partial charge >= 0.3 is 0 Å². The summed E-state index contributed by atoms with van der Waals surface area (Å²) >= 11 is 0. The molecule has 26 aromatic rings. The molecule has 0 N–H and O–H groups in total. The van der Waals surface area contributed by atoms with E-state index in [9.17, 15) is 0 Å². The first-order valence-electron chi connectivity index (χ1n) is 42.6. The summed E-state index contributed by atoms with van der Waals surface area (Å²) < 4.78 is 7.14. The number of aryl methyl sites for hydroxylation is 1. The molecule has 122 heavy (non-hydrogen) atoms. The largest absolute Gasteiger partial charge is 0.309 e. The van der Waals surface area contributed by atoms with Gasteiger partial charge in [0.1, 0.15) is 0 Å². The van der Waals surface area contributed by atoms with Crippen LogP contribution in [0.5, 0.6) is 0 Å². The molecular formula is C119H81N3. The average Bonchev–Trinajstić information content (AvgIpc) is 1.51. The number of fused-ring (bicyclic) bond motifs is 9. The van der Waals surface area contributed by atoms with Crippen molar-refractivity contribution in [2.45, 2.75) is 33.1 Å². The van der Waals surface area contributed by atoms with E-state index < -0.39 is 0 Å². The van der Waals surface area contributed by atoms with Crippen LogP contribution in [0, 0.1) is 6.92 Å². The molecule has 0 amide bonds. The Labute approximate surface area is 706 Å². The molecule has 3 heteroatoms. The summed E-state index contributed by atoms with van der Waals surface area (Å²) in [5.41, 5.74) is 26.4. The molecule has 26 rings (SSSR count). The van der Waals surface area contributed by atoms with E-state index in [0.717, 1.165) is 0 Å². The normalized spacial score (nSPS) is 12.1. The van der Waals surface area contributed by atoms with Gasteiger partial charge in [0.15, 0.2) is 0 Å². The highest BCUT2D eigenvalue weighted by Crippen LogP contribution is 2.48. The number of benzene rings is 23. The molecule has 0 saturated heterocycles. The minimum absolute atomic E-state index is 0.0911. The highest BCUT2D eigenvalue weighted by Gasteiger charge is 2.24. The van der Waals surface area contributed by atoms with Gasteiger partial charge in [0.05, 0.1) is 33.1 Å². The van der Waals surface area contributed by atoms with Crippen molar-refractivity contribution in [2.75, 3.05) is 0 Å². The molecule has 3 heterocycles. The van der Waals surface area contributed by atoms with Gasteiger partial charge in [-0.05, 0) is 243 Å². The second kappa shape index (κ2) is 27.9. The van der Waals surface area contributed by atoms with Crippen LogP contribution in [-0.2, 0) is 5.41 Å². The Morgan fingerprint density at radius 3 is 0.631 bits per heavy atom. The number of para-hydroxylation sites is 6. The number of hydrogen-bond acceptors (Lipinski definition) is 0. The summed E-state index contributed by atoms with van der Waals surface area (Å²) in [6.07, 6.45) is 0. The van der Waals surface area contributed by atoms with Gasteiger partial charge in [-0.3, -0.25) is 0 Å². The monoisotopic (exact) mass is 1550 g/mol. The highest BCUT2D eigenvalue weighted by molar-refractivity contribution is 6.30. The van der Waals surface area contributed by atoms with Gasteiger partial charge in [-0.25, -0.2) is 0 Å². The first kappa shape index (κ1) is 70.8. The van der Waals surface area contributed by atoms with E-state index in [1.54, 1.807) is 0 Å². The van der Waals surface area contributed by atoms with E-state index >= 15 is 0 Å². The van der Waals surface area contributed by atoms with E-state index in [4.69, 9.17) is 0 Å². The van der Waals surface area contributed by atoms with E-state index in [1.165, 1.54) is 246 Å². The molecule has 0 saturated carbocycles. The Morgan fingerprint density at radius 1 is 0.164 bits per heavy atom. The van der Waals surface area contributed by atoms with Crippen LogP contribution in [0.25, 0.3) is 235 Å². The van der Waals surface area contributed by atoms with Crippen LogP contribution in [0.15, 0.2) is 419 Å². The third kappa shape index (κ3) is 11.2. The summed E-state index contributed by atoms with van der Waals surface area (Å²) in [6.45, 7) is 9.07. The lowest BCUT2D eigenvalue weighted by Gasteiger charge is -2.23. The highest BCUT2D eigenvalue weighted by atomic mass is 15.0. The lowest BCUT2D eigenvalue weighted by molar-refractivity contribution is 0.596. The fourth-order valence-corrected chi connectivity index (χ4v) is 20.6. The van der Waals surface area contributed by atoms with E-state index in [2.05, 4.69) is 460 Å². The van der Waals surface area contributed by atoms with Crippen molar-refractivity contribution in [3.63, 3.8) is 0 Å². The smallest absolute Gasteiger partial charge is 0.0541 e. The zero-order valence-electron chi connectivity index (χ0n) is 68.2. The van der Waals surface area contributed by atoms with Crippen molar-refractivity contribution in [1.82, 2.24) is 13.7 Å². The summed E-state index contributed by atoms with van der Waals surface area (Å²) in [7, 11) is 0. The topological polar surface area (TPSA) is 14.8 Å². The van der Waals surface area contributed by atoms with Crippen LogP contribution in [0.1, 0.15) is 31.9 Å². The van der Waals surface area contributed by atoms with Crippen LogP contribution >= 0.6 is 0 Å². The van der Waals surface area contributed by atoms with Crippen molar-refractivity contribution < 1.29 is 0 Å². The predicted molar refractivity (Wildman–Crippen MR) is 524 cm³/mol. The van der Waals surface area contributed by atoms with Gasteiger partial charge in [0.2, 0.25) is 0 Å². The molecule has 572 valence electrons. The van der Waals surface area contributed by atoms with E-state index in [-0.39, 0.29) is 5.41 Å². The van der Waals surface area contributed by atoms with E-state index in [1.807, 2.05) is 0 Å². The molecule has 0 spiro atoms. The molecule has 0 atom stereocenters. The van der Waals surface area contributed by atoms with Crippen LogP contribution in [0.2, 0.25) is 0 Å². The number of nitrogens with zero attached hydrogens (tertiary/aromatic N) is 3. The molecule has 0 aliphatic carbocycles. The lowest BCUT2D eigenvalue weighted by atomic mass is 9.81. The number of rotatable bonds is 8. The van der Waals surface area contributed by atoms with Gasteiger partial charge in [-0.15, -0.1) is 0 Å². The Hall–Kier alpha value is -15.4. The third-order valence-corrected chi connectivity index (χ3v) is 26.3. The van der Waals surface area contributed by atoms with Crippen LogP contribution in [0.3, 0.4) is 0 Å². The van der Waals surface area contributed by atoms with Gasteiger partial charge in [-0.2, -0.15) is 0 Å². The fourth-order valence-electron chi connectivity index (χ4n) is 20.6. The second-order valence-electron chi connectivity index (χ2n) is 34.2. The van der Waals surface area contributed by atoms with Crippen LogP contribution < -0.4 is 0 Å². The van der Waals surface area contributed by atoms with E-state index in [0.29, 0.717) is 0 Å². The molecule has 23 aromatic carbocycles. The minimum Gasteiger partial charge on any atom is -0.309 e. The lowest BCUT2D eigenvalue weighted by Crippen LogP contribution is -2.11. The number of hydrogen-bond donors (Lipinski definition) is 0. The maximum absolute atomic E-state index is 2.38. The molecule has 0 aliphatic heterocycles. The molecule has 0 bridgehead atoms. The summed E-state index contributed by atoms with van der Waals surface area (Å²) in [6, 6.07) is 154. The Balaban J connectivity index is 0.000000103. The minimum atomic E-state index is 0.0911. The zero-order chi connectivity index (χ0) is 81.0. The van der Waals surface area contributed by atoms with Gasteiger partial charge in [-0.1, -0.05) is 372 Å².